The predicted octanol–water partition coefficient (Wildman–Crippen LogP) is 4.88. The molecule has 6 heteroatoms. The van der Waals surface area contributed by atoms with Gasteiger partial charge in [0.1, 0.15) is 4.32 Å². The van der Waals surface area contributed by atoms with E-state index in [-0.39, 0.29) is 5.91 Å². The Hall–Kier alpha value is -1.53. The zero-order valence-electron chi connectivity index (χ0n) is 15.0. The first-order chi connectivity index (χ1) is 12.1. The smallest absolute Gasteiger partial charge is 0.266 e. The van der Waals surface area contributed by atoms with Crippen molar-refractivity contribution in [2.24, 2.45) is 0 Å². The Balaban J connectivity index is 2.21. The standard InChI is InChI=1S/C19H25NO3S2/c1-4-7-10-20-18(21)17(25-19(20)24)13-14-8-9-15(23-11-5-2)16(12-14)22-6-3/h8-9,12-13H,4-7,10-11H2,1-3H3/b17-13-. The van der Waals surface area contributed by atoms with Gasteiger partial charge in [-0.05, 0) is 43.5 Å². The number of thioether (sulfide) groups is 1. The number of nitrogens with zero attached hydrogens (tertiary/aromatic N) is 1. The number of thiocarbonyl (C=S) groups is 1. The van der Waals surface area contributed by atoms with Gasteiger partial charge in [0, 0.05) is 6.54 Å². The molecule has 0 bridgehead atoms. The molecule has 0 spiro atoms. The fraction of sp³-hybridized carbons (Fsp3) is 0.474. The minimum Gasteiger partial charge on any atom is -0.490 e. The van der Waals surface area contributed by atoms with Crippen molar-refractivity contribution >= 4 is 40.3 Å². The second kappa shape index (κ2) is 9.82. The van der Waals surface area contributed by atoms with Crippen molar-refractivity contribution in [3.8, 4) is 11.5 Å². The van der Waals surface area contributed by atoms with Crippen LogP contribution in [0, 0.1) is 0 Å². The second-order valence-corrected chi connectivity index (χ2v) is 7.35. The summed E-state index contributed by atoms with van der Waals surface area (Å²) in [5.41, 5.74) is 0.906. The Labute approximate surface area is 159 Å². The topological polar surface area (TPSA) is 38.8 Å². The third kappa shape index (κ3) is 5.22. The molecule has 1 heterocycles. The lowest BCUT2D eigenvalue weighted by molar-refractivity contribution is -0.122. The predicted molar refractivity (Wildman–Crippen MR) is 108 cm³/mol. The van der Waals surface area contributed by atoms with Crippen LogP contribution in [0.5, 0.6) is 11.5 Å². The van der Waals surface area contributed by atoms with E-state index in [9.17, 15) is 4.79 Å². The van der Waals surface area contributed by atoms with Crippen LogP contribution in [0.3, 0.4) is 0 Å². The van der Waals surface area contributed by atoms with Gasteiger partial charge in [-0.1, -0.05) is 50.3 Å². The third-order valence-corrected chi connectivity index (χ3v) is 5.01. The Morgan fingerprint density at radius 1 is 1.16 bits per heavy atom. The zero-order valence-corrected chi connectivity index (χ0v) is 16.7. The maximum Gasteiger partial charge on any atom is 0.266 e. The minimum atomic E-state index is -0.00674. The van der Waals surface area contributed by atoms with Crippen LogP contribution in [0.4, 0.5) is 0 Å². The zero-order chi connectivity index (χ0) is 18.2. The Morgan fingerprint density at radius 2 is 1.96 bits per heavy atom. The van der Waals surface area contributed by atoms with Crippen LogP contribution in [0.1, 0.15) is 45.6 Å². The first kappa shape index (κ1) is 19.8. The molecule has 0 N–H and O–H groups in total. The maximum atomic E-state index is 12.5. The molecule has 25 heavy (non-hydrogen) atoms. The summed E-state index contributed by atoms with van der Waals surface area (Å²) in [6, 6.07) is 5.74. The molecule has 1 aromatic rings. The van der Waals surface area contributed by atoms with Crippen molar-refractivity contribution in [3.63, 3.8) is 0 Å². The van der Waals surface area contributed by atoms with Gasteiger partial charge < -0.3 is 9.47 Å². The van der Waals surface area contributed by atoms with Crippen molar-refractivity contribution in [1.29, 1.82) is 0 Å². The molecule has 2 rings (SSSR count). The van der Waals surface area contributed by atoms with Crippen LogP contribution in [0.15, 0.2) is 23.1 Å². The summed E-state index contributed by atoms with van der Waals surface area (Å²) in [6.07, 6.45) is 4.80. The number of amides is 1. The SMILES string of the molecule is CCCCN1C(=O)/C(=C/c2ccc(OCCC)c(OCC)c2)SC1=S. The van der Waals surface area contributed by atoms with E-state index in [0.29, 0.717) is 34.7 Å². The summed E-state index contributed by atoms with van der Waals surface area (Å²) in [5.74, 6) is 1.43. The van der Waals surface area contributed by atoms with Crippen LogP contribution in [0.25, 0.3) is 6.08 Å². The van der Waals surface area contributed by atoms with Gasteiger partial charge in [-0.3, -0.25) is 9.69 Å². The third-order valence-electron chi connectivity index (χ3n) is 3.64. The first-order valence-corrected chi connectivity index (χ1v) is 9.98. The summed E-state index contributed by atoms with van der Waals surface area (Å²) in [7, 11) is 0. The lowest BCUT2D eigenvalue weighted by atomic mass is 10.2. The Kier molecular flexibility index (Phi) is 7.78. The number of ether oxygens (including phenoxy) is 2. The van der Waals surface area contributed by atoms with Gasteiger partial charge in [0.2, 0.25) is 0 Å². The molecule has 4 nitrogen and oxygen atoms in total. The lowest BCUT2D eigenvalue weighted by Crippen LogP contribution is -2.28. The highest BCUT2D eigenvalue weighted by molar-refractivity contribution is 8.26. The number of benzene rings is 1. The van der Waals surface area contributed by atoms with E-state index in [1.54, 1.807) is 4.90 Å². The van der Waals surface area contributed by atoms with E-state index in [1.165, 1.54) is 11.8 Å². The van der Waals surface area contributed by atoms with Gasteiger partial charge in [-0.25, -0.2) is 0 Å². The molecule has 0 unspecified atom stereocenters. The van der Waals surface area contributed by atoms with E-state index in [1.807, 2.05) is 31.2 Å². The van der Waals surface area contributed by atoms with Crippen LogP contribution >= 0.6 is 24.0 Å². The largest absolute Gasteiger partial charge is 0.490 e. The van der Waals surface area contributed by atoms with E-state index in [0.717, 1.165) is 30.6 Å². The second-order valence-electron chi connectivity index (χ2n) is 5.67. The highest BCUT2D eigenvalue weighted by Crippen LogP contribution is 2.35. The average molecular weight is 380 g/mol. The monoisotopic (exact) mass is 379 g/mol. The van der Waals surface area contributed by atoms with Crippen molar-refractivity contribution in [3.05, 3.63) is 28.7 Å². The molecule has 136 valence electrons. The molecule has 1 aliphatic rings. The molecule has 0 aromatic heterocycles. The van der Waals surface area contributed by atoms with Gasteiger partial charge in [-0.15, -0.1) is 0 Å². The Morgan fingerprint density at radius 3 is 2.64 bits per heavy atom. The quantitative estimate of drug-likeness (QED) is 0.452. The molecule has 1 saturated heterocycles. The van der Waals surface area contributed by atoms with Crippen molar-refractivity contribution in [2.75, 3.05) is 19.8 Å². The minimum absolute atomic E-state index is 0.00674. The molecule has 1 fully saturated rings. The number of hydrogen-bond donors (Lipinski definition) is 0. The number of hydrogen-bond acceptors (Lipinski definition) is 5. The summed E-state index contributed by atoms with van der Waals surface area (Å²) in [4.78, 5) is 14.9. The first-order valence-electron chi connectivity index (χ1n) is 8.75. The van der Waals surface area contributed by atoms with Gasteiger partial charge in [-0.2, -0.15) is 0 Å². The fourth-order valence-electron chi connectivity index (χ4n) is 2.37. The van der Waals surface area contributed by atoms with Crippen molar-refractivity contribution in [2.45, 2.75) is 40.0 Å². The van der Waals surface area contributed by atoms with Crippen LogP contribution in [0.2, 0.25) is 0 Å². The van der Waals surface area contributed by atoms with Crippen molar-refractivity contribution in [1.82, 2.24) is 4.90 Å². The van der Waals surface area contributed by atoms with Crippen LogP contribution in [-0.2, 0) is 4.79 Å². The molecule has 0 radical (unpaired) electrons. The molecule has 0 aliphatic carbocycles. The van der Waals surface area contributed by atoms with Crippen LogP contribution < -0.4 is 9.47 Å². The summed E-state index contributed by atoms with van der Waals surface area (Å²) in [5, 5.41) is 0. The van der Waals surface area contributed by atoms with Gasteiger partial charge in [0.05, 0.1) is 18.1 Å². The number of carbonyl (C=O) groups is 1. The normalized spacial score (nSPS) is 16.0. The average Bonchev–Trinajstić information content (AvgIpc) is 2.86. The van der Waals surface area contributed by atoms with Gasteiger partial charge in [0.15, 0.2) is 11.5 Å². The molecule has 0 saturated carbocycles. The van der Waals surface area contributed by atoms with E-state index in [4.69, 9.17) is 21.7 Å². The number of rotatable bonds is 9. The van der Waals surface area contributed by atoms with Crippen LogP contribution in [-0.4, -0.2) is 34.9 Å². The van der Waals surface area contributed by atoms with E-state index >= 15 is 0 Å². The van der Waals surface area contributed by atoms with E-state index in [2.05, 4.69) is 13.8 Å². The molecular weight excluding hydrogens is 354 g/mol. The molecule has 0 atom stereocenters. The Bertz CT molecular complexity index is 658. The van der Waals surface area contributed by atoms with E-state index < -0.39 is 0 Å². The lowest BCUT2D eigenvalue weighted by Gasteiger charge is -2.13. The maximum absolute atomic E-state index is 12.5. The molecule has 1 aliphatic heterocycles. The molecule has 1 amide bonds. The van der Waals surface area contributed by atoms with Gasteiger partial charge >= 0.3 is 0 Å². The fourth-order valence-corrected chi connectivity index (χ4v) is 3.68. The molecule has 1 aromatic carbocycles. The highest BCUT2D eigenvalue weighted by Gasteiger charge is 2.31. The summed E-state index contributed by atoms with van der Waals surface area (Å²) >= 11 is 6.70. The number of unbranched alkanes of at least 4 members (excludes halogenated alkanes) is 1. The van der Waals surface area contributed by atoms with Crippen molar-refractivity contribution < 1.29 is 14.3 Å². The summed E-state index contributed by atoms with van der Waals surface area (Å²) in [6.45, 7) is 8.00. The highest BCUT2D eigenvalue weighted by atomic mass is 32.2. The summed E-state index contributed by atoms with van der Waals surface area (Å²) < 4.78 is 12.0. The molecular formula is C19H25NO3S2. The van der Waals surface area contributed by atoms with Gasteiger partial charge in [0.25, 0.3) is 5.91 Å². The number of carbonyl (C=O) groups excluding carboxylic acids is 1.